The molecule has 0 aromatic carbocycles. The second-order valence-electron chi connectivity index (χ2n) is 3.04. The Morgan fingerprint density at radius 1 is 1.79 bits per heavy atom. The maximum atomic E-state index is 11.0. The number of hydrogen-bond donors (Lipinski definition) is 4. The third-order valence-corrected chi connectivity index (χ3v) is 1.64. The number of aromatic nitrogens is 2. The van der Waals surface area contributed by atoms with Crippen LogP contribution in [0.2, 0.25) is 0 Å². The summed E-state index contributed by atoms with van der Waals surface area (Å²) in [5.74, 6) is 1.01. The largest absolute Gasteiger partial charge is 0.395 e. The van der Waals surface area contributed by atoms with Crippen LogP contribution in [0, 0.1) is 6.92 Å². The van der Waals surface area contributed by atoms with E-state index in [1.165, 1.54) is 6.07 Å². The van der Waals surface area contributed by atoms with Crippen molar-refractivity contribution in [3.63, 3.8) is 0 Å². The molecule has 0 spiro atoms. The van der Waals surface area contributed by atoms with Crippen molar-refractivity contribution in [3.8, 4) is 0 Å². The lowest BCUT2D eigenvalue weighted by Crippen LogP contribution is -2.33. The third-order valence-electron chi connectivity index (χ3n) is 1.64. The molecule has 1 unspecified atom stereocenters. The topological polar surface area (TPSA) is 104 Å². The molecular weight excluding hydrogens is 184 g/mol. The van der Waals surface area contributed by atoms with Gasteiger partial charge in [-0.3, -0.25) is 4.79 Å². The molecular formula is C8H14N4O2. The molecule has 0 bridgehead atoms. The van der Waals surface area contributed by atoms with Crippen molar-refractivity contribution >= 4 is 5.82 Å². The molecule has 0 aliphatic heterocycles. The fraction of sp³-hybridized carbons (Fsp3) is 0.500. The van der Waals surface area contributed by atoms with Crippen LogP contribution in [0.25, 0.3) is 0 Å². The number of aliphatic hydroxyl groups is 1. The molecule has 14 heavy (non-hydrogen) atoms. The van der Waals surface area contributed by atoms with Crippen molar-refractivity contribution in [1.29, 1.82) is 0 Å². The number of nitrogens with zero attached hydrogens (tertiary/aromatic N) is 1. The summed E-state index contributed by atoms with van der Waals surface area (Å²) in [6.07, 6.45) is 0. The molecule has 1 aromatic rings. The summed E-state index contributed by atoms with van der Waals surface area (Å²) in [4.78, 5) is 17.6. The van der Waals surface area contributed by atoms with Gasteiger partial charge in [0.1, 0.15) is 11.6 Å². The van der Waals surface area contributed by atoms with E-state index in [1.54, 1.807) is 6.92 Å². The van der Waals surface area contributed by atoms with E-state index in [4.69, 9.17) is 10.8 Å². The van der Waals surface area contributed by atoms with E-state index < -0.39 is 0 Å². The first kappa shape index (κ1) is 10.7. The van der Waals surface area contributed by atoms with Gasteiger partial charge in [-0.05, 0) is 6.92 Å². The van der Waals surface area contributed by atoms with Gasteiger partial charge in [-0.15, -0.1) is 0 Å². The molecule has 0 aliphatic rings. The summed E-state index contributed by atoms with van der Waals surface area (Å²) < 4.78 is 0. The van der Waals surface area contributed by atoms with Crippen molar-refractivity contribution < 1.29 is 5.11 Å². The maximum absolute atomic E-state index is 11.0. The zero-order chi connectivity index (χ0) is 10.6. The Morgan fingerprint density at radius 3 is 3.07 bits per heavy atom. The Hall–Kier alpha value is -1.40. The highest BCUT2D eigenvalue weighted by atomic mass is 16.3. The maximum Gasteiger partial charge on any atom is 0.252 e. The molecule has 1 atom stereocenters. The standard InChI is InChI=1S/C8H14N4O2/c1-5-11-7(2-8(14)12-5)10-3-6(9)4-13/h2,6,13H,3-4,9H2,1H3,(H2,10,11,12,14). The number of aliphatic hydroxyl groups excluding tert-OH is 1. The molecule has 78 valence electrons. The van der Waals surface area contributed by atoms with E-state index in [2.05, 4.69) is 15.3 Å². The molecule has 5 N–H and O–H groups in total. The molecule has 6 nitrogen and oxygen atoms in total. The molecule has 1 aromatic heterocycles. The Bertz CT molecular complexity index is 349. The Labute approximate surface area is 81.2 Å². The van der Waals surface area contributed by atoms with Crippen molar-refractivity contribution in [2.45, 2.75) is 13.0 Å². The number of H-pyrrole nitrogens is 1. The van der Waals surface area contributed by atoms with Gasteiger partial charge in [-0.25, -0.2) is 4.98 Å². The lowest BCUT2D eigenvalue weighted by molar-refractivity contribution is 0.270. The van der Waals surface area contributed by atoms with Crippen LogP contribution in [0.4, 0.5) is 5.82 Å². The molecule has 1 heterocycles. The lowest BCUT2D eigenvalue weighted by atomic mass is 10.3. The monoisotopic (exact) mass is 198 g/mol. The predicted octanol–water partition coefficient (Wildman–Crippen LogP) is -1.19. The number of hydrogen-bond acceptors (Lipinski definition) is 5. The molecule has 0 aliphatic carbocycles. The summed E-state index contributed by atoms with van der Waals surface area (Å²) in [6.45, 7) is 1.97. The van der Waals surface area contributed by atoms with Gasteiger partial charge in [-0.1, -0.05) is 0 Å². The first-order valence-electron chi connectivity index (χ1n) is 4.30. The highest BCUT2D eigenvalue weighted by Crippen LogP contribution is 1.97. The van der Waals surface area contributed by atoms with Gasteiger partial charge in [0, 0.05) is 18.7 Å². The van der Waals surface area contributed by atoms with Crippen LogP contribution in [0.1, 0.15) is 5.82 Å². The quantitative estimate of drug-likeness (QED) is 0.487. The van der Waals surface area contributed by atoms with Gasteiger partial charge < -0.3 is 21.1 Å². The predicted molar refractivity (Wildman–Crippen MR) is 53.1 cm³/mol. The highest BCUT2D eigenvalue weighted by molar-refractivity contribution is 5.32. The third kappa shape index (κ3) is 3.15. The molecule has 0 radical (unpaired) electrons. The van der Waals surface area contributed by atoms with E-state index in [0.29, 0.717) is 18.2 Å². The summed E-state index contributed by atoms with van der Waals surface area (Å²) in [5, 5.41) is 11.5. The zero-order valence-electron chi connectivity index (χ0n) is 7.95. The van der Waals surface area contributed by atoms with Crippen LogP contribution in [-0.4, -0.2) is 34.3 Å². The van der Waals surface area contributed by atoms with Crippen LogP contribution in [-0.2, 0) is 0 Å². The minimum atomic E-state index is -0.351. The van der Waals surface area contributed by atoms with E-state index >= 15 is 0 Å². The number of nitrogens with two attached hydrogens (primary N) is 1. The van der Waals surface area contributed by atoms with E-state index in [0.717, 1.165) is 0 Å². The second kappa shape index (κ2) is 4.73. The minimum absolute atomic E-state index is 0.102. The summed E-state index contributed by atoms with van der Waals surface area (Å²) in [6, 6.07) is 0.994. The Kier molecular flexibility index (Phi) is 3.61. The van der Waals surface area contributed by atoms with Crippen LogP contribution < -0.4 is 16.6 Å². The van der Waals surface area contributed by atoms with Crippen LogP contribution in [0.3, 0.4) is 0 Å². The van der Waals surface area contributed by atoms with E-state index in [1.807, 2.05) is 0 Å². The number of aryl methyl sites for hydroxylation is 1. The molecule has 1 rings (SSSR count). The van der Waals surface area contributed by atoms with E-state index in [9.17, 15) is 4.79 Å². The number of anilines is 1. The van der Waals surface area contributed by atoms with E-state index in [-0.39, 0.29) is 18.2 Å². The highest BCUT2D eigenvalue weighted by Gasteiger charge is 2.01. The van der Waals surface area contributed by atoms with Crippen molar-refractivity contribution in [2.24, 2.45) is 5.73 Å². The second-order valence-corrected chi connectivity index (χ2v) is 3.04. The summed E-state index contributed by atoms with van der Waals surface area (Å²) in [7, 11) is 0. The van der Waals surface area contributed by atoms with Gasteiger partial charge in [0.15, 0.2) is 0 Å². The number of rotatable bonds is 4. The number of nitrogens with one attached hydrogen (secondary N) is 2. The van der Waals surface area contributed by atoms with Crippen LogP contribution in [0.15, 0.2) is 10.9 Å². The normalized spacial score (nSPS) is 12.5. The van der Waals surface area contributed by atoms with Crippen molar-refractivity contribution in [1.82, 2.24) is 9.97 Å². The Balaban J connectivity index is 2.63. The average Bonchev–Trinajstić information content (AvgIpc) is 2.12. The fourth-order valence-electron chi connectivity index (χ4n) is 0.970. The van der Waals surface area contributed by atoms with Gasteiger partial charge in [0.2, 0.25) is 0 Å². The smallest absolute Gasteiger partial charge is 0.252 e. The molecule has 0 amide bonds. The van der Waals surface area contributed by atoms with Gasteiger partial charge in [0.25, 0.3) is 5.56 Å². The fourth-order valence-corrected chi connectivity index (χ4v) is 0.970. The first-order chi connectivity index (χ1) is 6.61. The van der Waals surface area contributed by atoms with Crippen molar-refractivity contribution in [2.75, 3.05) is 18.5 Å². The lowest BCUT2D eigenvalue weighted by Gasteiger charge is -2.09. The summed E-state index contributed by atoms with van der Waals surface area (Å²) >= 11 is 0. The Morgan fingerprint density at radius 2 is 2.50 bits per heavy atom. The van der Waals surface area contributed by atoms with Crippen LogP contribution in [0.5, 0.6) is 0 Å². The van der Waals surface area contributed by atoms with Gasteiger partial charge >= 0.3 is 0 Å². The van der Waals surface area contributed by atoms with Crippen molar-refractivity contribution in [3.05, 3.63) is 22.2 Å². The average molecular weight is 198 g/mol. The first-order valence-corrected chi connectivity index (χ1v) is 4.30. The molecule has 0 saturated carbocycles. The SMILES string of the molecule is Cc1nc(NCC(N)CO)cc(=O)[nH]1. The molecule has 0 fully saturated rings. The minimum Gasteiger partial charge on any atom is -0.395 e. The number of aromatic amines is 1. The summed E-state index contributed by atoms with van der Waals surface area (Å²) in [5.41, 5.74) is 5.26. The van der Waals surface area contributed by atoms with Gasteiger partial charge in [0.05, 0.1) is 6.61 Å². The van der Waals surface area contributed by atoms with Crippen LogP contribution >= 0.6 is 0 Å². The molecule has 6 heteroatoms. The zero-order valence-corrected chi connectivity index (χ0v) is 7.95. The molecule has 0 saturated heterocycles. The van der Waals surface area contributed by atoms with Gasteiger partial charge in [-0.2, -0.15) is 0 Å².